The monoisotopic (exact) mass is 369 g/mol. The fourth-order valence-corrected chi connectivity index (χ4v) is 3.42. The van der Waals surface area contributed by atoms with Gasteiger partial charge in [-0.05, 0) is 19.4 Å². The number of rotatable bonds is 4. The fraction of sp³-hybridized carbons (Fsp3) is 0.143. The highest BCUT2D eigenvalue weighted by Crippen LogP contribution is 2.29. The zero-order chi connectivity index (χ0) is 19.1. The Morgan fingerprint density at radius 1 is 1.04 bits per heavy atom. The van der Waals surface area contributed by atoms with Crippen LogP contribution in [0.15, 0.2) is 61.3 Å². The van der Waals surface area contributed by atoms with E-state index in [0.717, 1.165) is 39.2 Å². The number of aryl methyl sites for hydroxylation is 1. The lowest BCUT2D eigenvalue weighted by molar-refractivity contribution is 0.565. The van der Waals surface area contributed by atoms with E-state index in [9.17, 15) is 0 Å². The molecule has 0 saturated heterocycles. The van der Waals surface area contributed by atoms with Crippen LogP contribution in [0.3, 0.4) is 0 Å². The number of aromatic amines is 2. The molecule has 28 heavy (non-hydrogen) atoms. The maximum absolute atomic E-state index is 4.84. The number of H-pyrrole nitrogens is 2. The Hall–Kier alpha value is -3.74. The number of hydrogen-bond acceptors (Lipinski definition) is 4. The second-order valence-electron chi connectivity index (χ2n) is 6.86. The highest BCUT2D eigenvalue weighted by Gasteiger charge is 2.15. The molecular weight excluding hydrogens is 350 g/mol. The minimum atomic E-state index is 0.149. The van der Waals surface area contributed by atoms with Crippen molar-refractivity contribution in [2.24, 2.45) is 0 Å². The number of hydrogen-bond donors (Lipinski definition) is 2. The molecular formula is C21H19N7. The molecule has 0 spiro atoms. The first kappa shape index (κ1) is 16.4. The molecule has 0 aliphatic rings. The third-order valence-corrected chi connectivity index (χ3v) is 5.08. The lowest BCUT2D eigenvalue weighted by atomic mass is 10.1. The molecule has 0 aliphatic heterocycles. The quantitative estimate of drug-likeness (QED) is 0.498. The predicted molar refractivity (Wildman–Crippen MR) is 108 cm³/mol. The number of nitrogens with one attached hydrogen (secondary N) is 2. The Morgan fingerprint density at radius 3 is 2.68 bits per heavy atom. The van der Waals surface area contributed by atoms with Crippen LogP contribution in [0.2, 0.25) is 0 Å². The van der Waals surface area contributed by atoms with E-state index in [1.807, 2.05) is 42.2 Å². The van der Waals surface area contributed by atoms with E-state index < -0.39 is 0 Å². The van der Waals surface area contributed by atoms with Gasteiger partial charge in [-0.2, -0.15) is 10.2 Å². The van der Waals surface area contributed by atoms with E-state index in [1.54, 1.807) is 12.4 Å². The summed E-state index contributed by atoms with van der Waals surface area (Å²) in [6.07, 6.45) is 9.40. The maximum Gasteiger partial charge on any atom is 0.156 e. The molecule has 5 aromatic rings. The number of benzene rings is 1. The van der Waals surface area contributed by atoms with Crippen LogP contribution in [-0.2, 0) is 0 Å². The highest BCUT2D eigenvalue weighted by molar-refractivity contribution is 5.91. The first-order valence-corrected chi connectivity index (χ1v) is 9.14. The average Bonchev–Trinajstić information content (AvgIpc) is 3.46. The van der Waals surface area contributed by atoms with Crippen molar-refractivity contribution in [1.29, 1.82) is 0 Å². The average molecular weight is 369 g/mol. The summed E-state index contributed by atoms with van der Waals surface area (Å²) in [5.74, 6) is 0. The van der Waals surface area contributed by atoms with Crippen LogP contribution in [0, 0.1) is 6.92 Å². The standard InChI is InChI=1S/C21H19N7/c1-13-17(10-24-27-13)19-11-23-21-20(26-19)18(9-22-21)16-8-25-28(12-16)14(2)15-6-4-3-5-7-15/h3-12,14H,1-2H3,(H,22,23)(H,24,27). The minimum Gasteiger partial charge on any atom is -0.344 e. The predicted octanol–water partition coefficient (Wildman–Crippen LogP) is 4.13. The van der Waals surface area contributed by atoms with Crippen molar-refractivity contribution in [2.75, 3.05) is 0 Å². The Kier molecular flexibility index (Phi) is 3.79. The van der Waals surface area contributed by atoms with Crippen LogP contribution in [0.25, 0.3) is 33.5 Å². The Balaban J connectivity index is 1.55. The number of fused-ring (bicyclic) bond motifs is 1. The van der Waals surface area contributed by atoms with Crippen LogP contribution in [0.5, 0.6) is 0 Å². The smallest absolute Gasteiger partial charge is 0.156 e. The summed E-state index contributed by atoms with van der Waals surface area (Å²) in [6.45, 7) is 4.11. The van der Waals surface area contributed by atoms with E-state index in [2.05, 4.69) is 50.5 Å². The van der Waals surface area contributed by atoms with Crippen molar-refractivity contribution in [3.8, 4) is 22.4 Å². The minimum absolute atomic E-state index is 0.149. The van der Waals surface area contributed by atoms with Crippen molar-refractivity contribution in [1.82, 2.24) is 34.9 Å². The Bertz CT molecular complexity index is 1250. The lowest BCUT2D eigenvalue weighted by Crippen LogP contribution is -2.06. The molecule has 1 aromatic carbocycles. The molecule has 4 aromatic heterocycles. The van der Waals surface area contributed by atoms with Crippen LogP contribution >= 0.6 is 0 Å². The van der Waals surface area contributed by atoms with Gasteiger partial charge < -0.3 is 4.98 Å². The van der Waals surface area contributed by atoms with E-state index in [0.29, 0.717) is 0 Å². The van der Waals surface area contributed by atoms with Gasteiger partial charge in [0.25, 0.3) is 0 Å². The molecule has 5 rings (SSSR count). The van der Waals surface area contributed by atoms with Gasteiger partial charge in [0.2, 0.25) is 0 Å². The molecule has 0 saturated carbocycles. The zero-order valence-corrected chi connectivity index (χ0v) is 15.6. The molecule has 7 heteroatoms. The summed E-state index contributed by atoms with van der Waals surface area (Å²) in [6, 6.07) is 10.5. The Labute approximate surface area is 161 Å². The van der Waals surface area contributed by atoms with Crippen LogP contribution in [0.4, 0.5) is 0 Å². The van der Waals surface area contributed by atoms with Crippen molar-refractivity contribution in [3.63, 3.8) is 0 Å². The fourth-order valence-electron chi connectivity index (χ4n) is 3.42. The third kappa shape index (κ3) is 2.68. The largest absolute Gasteiger partial charge is 0.344 e. The van der Waals surface area contributed by atoms with E-state index in [-0.39, 0.29) is 6.04 Å². The molecule has 4 heterocycles. The second kappa shape index (κ2) is 6.45. The number of nitrogens with zero attached hydrogens (tertiary/aromatic N) is 5. The lowest BCUT2D eigenvalue weighted by Gasteiger charge is -2.12. The van der Waals surface area contributed by atoms with Crippen LogP contribution in [-0.4, -0.2) is 34.9 Å². The molecule has 0 fully saturated rings. The van der Waals surface area contributed by atoms with Gasteiger partial charge in [0, 0.05) is 34.8 Å². The van der Waals surface area contributed by atoms with Crippen molar-refractivity contribution >= 4 is 11.2 Å². The molecule has 0 aliphatic carbocycles. The van der Waals surface area contributed by atoms with E-state index >= 15 is 0 Å². The van der Waals surface area contributed by atoms with Gasteiger partial charge in [-0.15, -0.1) is 0 Å². The van der Waals surface area contributed by atoms with Crippen LogP contribution in [0.1, 0.15) is 24.2 Å². The second-order valence-corrected chi connectivity index (χ2v) is 6.86. The molecule has 0 bridgehead atoms. The summed E-state index contributed by atoms with van der Waals surface area (Å²) in [7, 11) is 0. The summed E-state index contributed by atoms with van der Waals surface area (Å²) in [5, 5.41) is 11.6. The van der Waals surface area contributed by atoms with Gasteiger partial charge >= 0.3 is 0 Å². The maximum atomic E-state index is 4.84. The third-order valence-electron chi connectivity index (χ3n) is 5.08. The molecule has 0 radical (unpaired) electrons. The van der Waals surface area contributed by atoms with Gasteiger partial charge in [-0.3, -0.25) is 9.78 Å². The van der Waals surface area contributed by atoms with Gasteiger partial charge in [0.15, 0.2) is 5.65 Å². The zero-order valence-electron chi connectivity index (χ0n) is 15.6. The summed E-state index contributed by atoms with van der Waals surface area (Å²) < 4.78 is 1.97. The molecule has 1 atom stereocenters. The normalized spacial score (nSPS) is 12.5. The topological polar surface area (TPSA) is 88.1 Å². The van der Waals surface area contributed by atoms with Gasteiger partial charge in [0.05, 0.1) is 30.3 Å². The van der Waals surface area contributed by atoms with Crippen LogP contribution < -0.4 is 0 Å². The van der Waals surface area contributed by atoms with Crippen molar-refractivity contribution in [2.45, 2.75) is 19.9 Å². The summed E-state index contributed by atoms with van der Waals surface area (Å²) in [5.41, 5.74) is 7.50. The first-order valence-electron chi connectivity index (χ1n) is 9.14. The SMILES string of the molecule is Cc1[nH]ncc1-c1cnc2[nH]cc(-c3cnn(C(C)c4ccccc4)c3)c2n1. The van der Waals surface area contributed by atoms with E-state index in [4.69, 9.17) is 4.98 Å². The first-order chi connectivity index (χ1) is 13.7. The van der Waals surface area contributed by atoms with Crippen molar-refractivity contribution in [3.05, 3.63) is 72.6 Å². The van der Waals surface area contributed by atoms with E-state index in [1.165, 1.54) is 5.56 Å². The molecule has 0 amide bonds. The Morgan fingerprint density at radius 2 is 1.89 bits per heavy atom. The highest BCUT2D eigenvalue weighted by atomic mass is 15.3. The number of aromatic nitrogens is 7. The molecule has 1 unspecified atom stereocenters. The summed E-state index contributed by atoms with van der Waals surface area (Å²) >= 11 is 0. The van der Waals surface area contributed by atoms with Gasteiger partial charge in [-0.1, -0.05) is 30.3 Å². The van der Waals surface area contributed by atoms with Crippen molar-refractivity contribution < 1.29 is 0 Å². The van der Waals surface area contributed by atoms with Gasteiger partial charge in [0.1, 0.15) is 5.52 Å². The molecule has 2 N–H and O–H groups in total. The molecule has 138 valence electrons. The summed E-state index contributed by atoms with van der Waals surface area (Å²) in [4.78, 5) is 12.6. The molecule has 7 nitrogen and oxygen atoms in total. The van der Waals surface area contributed by atoms with Gasteiger partial charge in [-0.25, -0.2) is 9.97 Å².